The molecule has 30 heavy (non-hydrogen) atoms. The highest BCUT2D eigenvalue weighted by Gasteiger charge is 2.27. The number of nitrogens with zero attached hydrogens (tertiary/aromatic N) is 1. The first-order valence-electron chi connectivity index (χ1n) is 9.67. The first-order chi connectivity index (χ1) is 14.0. The SMILES string of the molecule is CC(C)(C)OC(=O)NCCC(=O)NC1CCN(C(=O)c2ccc(F)c(F)c2F)CC1. The molecule has 1 saturated heterocycles. The largest absolute Gasteiger partial charge is 0.444 e. The van der Waals surface area contributed by atoms with Gasteiger partial charge in [-0.25, -0.2) is 18.0 Å². The third-order valence-corrected chi connectivity index (χ3v) is 4.43. The number of halogens is 3. The van der Waals surface area contributed by atoms with E-state index in [0.717, 1.165) is 6.07 Å². The van der Waals surface area contributed by atoms with Crippen LogP contribution in [0.4, 0.5) is 18.0 Å². The van der Waals surface area contributed by atoms with Crippen LogP contribution >= 0.6 is 0 Å². The van der Waals surface area contributed by atoms with Crippen LogP contribution in [0.1, 0.15) is 50.4 Å². The molecule has 1 aromatic rings. The average molecular weight is 429 g/mol. The maximum atomic E-state index is 13.8. The van der Waals surface area contributed by atoms with Gasteiger partial charge in [0, 0.05) is 32.1 Å². The third-order valence-electron chi connectivity index (χ3n) is 4.43. The van der Waals surface area contributed by atoms with Gasteiger partial charge in [-0.1, -0.05) is 0 Å². The van der Waals surface area contributed by atoms with Crippen LogP contribution in [-0.4, -0.2) is 54.1 Å². The van der Waals surface area contributed by atoms with Crippen LogP contribution in [-0.2, 0) is 9.53 Å². The molecule has 1 aliphatic rings. The molecule has 0 aliphatic carbocycles. The minimum Gasteiger partial charge on any atom is -0.444 e. The molecular weight excluding hydrogens is 403 g/mol. The highest BCUT2D eigenvalue weighted by Crippen LogP contribution is 2.19. The molecule has 0 radical (unpaired) electrons. The van der Waals surface area contributed by atoms with Crippen LogP contribution in [0, 0.1) is 17.5 Å². The Kier molecular flexibility index (Phi) is 7.69. The number of benzene rings is 1. The molecule has 0 spiro atoms. The molecule has 1 fully saturated rings. The van der Waals surface area contributed by atoms with E-state index < -0.39 is 40.6 Å². The molecule has 0 unspecified atom stereocenters. The number of piperidine rings is 1. The summed E-state index contributed by atoms with van der Waals surface area (Å²) in [6, 6.07) is 1.45. The summed E-state index contributed by atoms with van der Waals surface area (Å²) in [7, 11) is 0. The van der Waals surface area contributed by atoms with Crippen molar-refractivity contribution in [2.75, 3.05) is 19.6 Å². The van der Waals surface area contributed by atoms with Gasteiger partial charge in [-0.05, 0) is 45.7 Å². The molecule has 0 aromatic heterocycles. The first-order valence-corrected chi connectivity index (χ1v) is 9.67. The number of amides is 3. The number of carbonyl (C=O) groups is 3. The van der Waals surface area contributed by atoms with Crippen molar-refractivity contribution in [3.63, 3.8) is 0 Å². The molecule has 7 nitrogen and oxygen atoms in total. The summed E-state index contributed by atoms with van der Waals surface area (Å²) in [4.78, 5) is 37.3. The second-order valence-corrected chi connectivity index (χ2v) is 8.04. The van der Waals surface area contributed by atoms with Crippen molar-refractivity contribution in [3.8, 4) is 0 Å². The Morgan fingerprint density at radius 1 is 1.10 bits per heavy atom. The monoisotopic (exact) mass is 429 g/mol. The quantitative estimate of drug-likeness (QED) is 0.705. The van der Waals surface area contributed by atoms with Crippen molar-refractivity contribution < 1.29 is 32.3 Å². The van der Waals surface area contributed by atoms with E-state index in [0.29, 0.717) is 18.9 Å². The summed E-state index contributed by atoms with van der Waals surface area (Å²) in [6.45, 7) is 5.79. The summed E-state index contributed by atoms with van der Waals surface area (Å²) in [6.07, 6.45) is 0.329. The predicted octanol–water partition coefficient (Wildman–Crippen LogP) is 2.74. The highest BCUT2D eigenvalue weighted by molar-refractivity contribution is 5.94. The number of likely N-dealkylation sites (tertiary alicyclic amines) is 1. The molecule has 2 rings (SSSR count). The van der Waals surface area contributed by atoms with E-state index in [4.69, 9.17) is 4.74 Å². The lowest BCUT2D eigenvalue weighted by Gasteiger charge is -2.32. The van der Waals surface area contributed by atoms with Gasteiger partial charge in [-0.3, -0.25) is 9.59 Å². The average Bonchev–Trinajstić information content (AvgIpc) is 2.65. The topological polar surface area (TPSA) is 87.7 Å². The number of rotatable bonds is 5. The summed E-state index contributed by atoms with van der Waals surface area (Å²) in [5, 5.41) is 5.31. The van der Waals surface area contributed by atoms with Crippen molar-refractivity contribution in [1.82, 2.24) is 15.5 Å². The molecule has 1 aliphatic heterocycles. The van der Waals surface area contributed by atoms with Gasteiger partial charge in [0.25, 0.3) is 5.91 Å². The van der Waals surface area contributed by atoms with Crippen molar-refractivity contribution in [1.29, 1.82) is 0 Å². The van der Waals surface area contributed by atoms with Gasteiger partial charge < -0.3 is 20.3 Å². The predicted molar refractivity (Wildman–Crippen MR) is 102 cm³/mol. The number of carbonyl (C=O) groups excluding carboxylic acids is 3. The number of hydrogen-bond donors (Lipinski definition) is 2. The fourth-order valence-electron chi connectivity index (χ4n) is 2.98. The highest BCUT2D eigenvalue weighted by atomic mass is 19.2. The molecule has 1 aromatic carbocycles. The maximum Gasteiger partial charge on any atom is 0.407 e. The van der Waals surface area contributed by atoms with Crippen LogP contribution in [0.3, 0.4) is 0 Å². The molecule has 2 N–H and O–H groups in total. The van der Waals surface area contributed by atoms with E-state index in [2.05, 4.69) is 10.6 Å². The lowest BCUT2D eigenvalue weighted by molar-refractivity contribution is -0.121. The van der Waals surface area contributed by atoms with Gasteiger partial charge in [-0.2, -0.15) is 0 Å². The van der Waals surface area contributed by atoms with Crippen LogP contribution in [0.15, 0.2) is 12.1 Å². The van der Waals surface area contributed by atoms with Gasteiger partial charge >= 0.3 is 6.09 Å². The summed E-state index contributed by atoms with van der Waals surface area (Å²) < 4.78 is 45.3. The minimum atomic E-state index is -1.68. The zero-order chi connectivity index (χ0) is 22.5. The van der Waals surface area contributed by atoms with E-state index in [1.54, 1.807) is 20.8 Å². The minimum absolute atomic E-state index is 0.0679. The van der Waals surface area contributed by atoms with Crippen LogP contribution in [0.2, 0.25) is 0 Å². The fourth-order valence-corrected chi connectivity index (χ4v) is 2.98. The Morgan fingerprint density at radius 2 is 1.73 bits per heavy atom. The zero-order valence-electron chi connectivity index (χ0n) is 17.2. The third kappa shape index (κ3) is 6.64. The smallest absolute Gasteiger partial charge is 0.407 e. The molecule has 0 saturated carbocycles. The molecule has 0 atom stereocenters. The van der Waals surface area contributed by atoms with Crippen LogP contribution < -0.4 is 10.6 Å². The first kappa shape index (κ1) is 23.5. The number of nitrogens with one attached hydrogen (secondary N) is 2. The summed E-state index contributed by atoms with van der Waals surface area (Å²) in [5.74, 6) is -5.53. The summed E-state index contributed by atoms with van der Waals surface area (Å²) >= 11 is 0. The van der Waals surface area contributed by atoms with E-state index in [-0.39, 0.29) is 38.0 Å². The molecule has 10 heteroatoms. The second-order valence-electron chi connectivity index (χ2n) is 8.04. The lowest BCUT2D eigenvalue weighted by Crippen LogP contribution is -2.47. The molecular formula is C20H26F3N3O4. The normalized spacial score (nSPS) is 14.9. The van der Waals surface area contributed by atoms with E-state index in [1.165, 1.54) is 4.90 Å². The fraction of sp³-hybridized carbons (Fsp3) is 0.550. The van der Waals surface area contributed by atoms with Gasteiger partial charge in [0.2, 0.25) is 5.91 Å². The van der Waals surface area contributed by atoms with Gasteiger partial charge in [-0.15, -0.1) is 0 Å². The molecule has 3 amide bonds. The van der Waals surface area contributed by atoms with Crippen LogP contribution in [0.25, 0.3) is 0 Å². The van der Waals surface area contributed by atoms with Gasteiger partial charge in [0.05, 0.1) is 5.56 Å². The van der Waals surface area contributed by atoms with Crippen molar-refractivity contribution in [2.45, 2.75) is 51.7 Å². The van der Waals surface area contributed by atoms with E-state index in [9.17, 15) is 27.6 Å². The number of ether oxygens (including phenoxy) is 1. The van der Waals surface area contributed by atoms with Crippen molar-refractivity contribution in [3.05, 3.63) is 35.1 Å². The Labute approximate surface area is 172 Å². The summed E-state index contributed by atoms with van der Waals surface area (Å²) in [5.41, 5.74) is -1.15. The maximum absolute atomic E-state index is 13.8. The van der Waals surface area contributed by atoms with Crippen molar-refractivity contribution in [2.24, 2.45) is 0 Å². The molecule has 1 heterocycles. The Morgan fingerprint density at radius 3 is 2.33 bits per heavy atom. The Hall–Kier alpha value is -2.78. The second kappa shape index (κ2) is 9.82. The van der Waals surface area contributed by atoms with Crippen molar-refractivity contribution >= 4 is 17.9 Å². The van der Waals surface area contributed by atoms with Crippen LogP contribution in [0.5, 0.6) is 0 Å². The Balaban J connectivity index is 1.75. The molecule has 0 bridgehead atoms. The zero-order valence-corrected chi connectivity index (χ0v) is 17.2. The lowest BCUT2D eigenvalue weighted by atomic mass is 10.0. The van der Waals surface area contributed by atoms with E-state index in [1.807, 2.05) is 0 Å². The van der Waals surface area contributed by atoms with E-state index >= 15 is 0 Å². The van der Waals surface area contributed by atoms with Gasteiger partial charge in [0.15, 0.2) is 17.5 Å². The van der Waals surface area contributed by atoms with Gasteiger partial charge in [0.1, 0.15) is 5.60 Å². The molecule has 166 valence electrons. The standard InChI is InChI=1S/C20H26F3N3O4/c1-20(2,3)30-19(29)24-9-6-15(27)25-12-7-10-26(11-8-12)18(28)13-4-5-14(21)17(23)16(13)22/h4-5,12H,6-11H2,1-3H3,(H,24,29)(H,25,27). The Bertz CT molecular complexity index is 803. The number of alkyl carbamates (subject to hydrolysis) is 1. The number of hydrogen-bond acceptors (Lipinski definition) is 4.